The van der Waals surface area contributed by atoms with E-state index in [4.69, 9.17) is 9.47 Å². The fraction of sp³-hybridized carbons (Fsp3) is 0.467. The molecule has 220 valence electrons. The van der Waals surface area contributed by atoms with E-state index in [1.54, 1.807) is 25.7 Å². The Morgan fingerprint density at radius 3 is 2.12 bits per heavy atom. The van der Waals surface area contributed by atoms with Crippen molar-refractivity contribution in [3.63, 3.8) is 0 Å². The number of hydrogen-bond acceptors (Lipinski definition) is 9. The second-order valence-corrected chi connectivity index (χ2v) is 10.2. The van der Waals surface area contributed by atoms with Crippen LogP contribution in [0.3, 0.4) is 0 Å². The first-order valence-electron chi connectivity index (χ1n) is 14.0. The maximum Gasteiger partial charge on any atom is 0.347 e. The number of halogens is 1. The van der Waals surface area contributed by atoms with Crippen LogP contribution >= 0.6 is 0 Å². The van der Waals surface area contributed by atoms with Gasteiger partial charge in [0, 0.05) is 50.5 Å². The molecule has 1 saturated carbocycles. The van der Waals surface area contributed by atoms with Gasteiger partial charge in [-0.2, -0.15) is 0 Å². The van der Waals surface area contributed by atoms with Gasteiger partial charge in [0.2, 0.25) is 0 Å². The number of piperazine rings is 1. The first-order chi connectivity index (χ1) is 19.7. The molecular weight excluding hydrogens is 531 g/mol. The van der Waals surface area contributed by atoms with Gasteiger partial charge in [0.15, 0.2) is 11.4 Å². The van der Waals surface area contributed by atoms with Crippen LogP contribution in [-0.2, 0) is 25.6 Å². The van der Waals surface area contributed by atoms with Crippen molar-refractivity contribution in [2.45, 2.75) is 53.1 Å². The average molecular weight is 569 g/mol. The number of benzene rings is 2. The van der Waals surface area contributed by atoms with Gasteiger partial charge in [-0.15, -0.1) is 0 Å². The van der Waals surface area contributed by atoms with Gasteiger partial charge in [0.25, 0.3) is 5.69 Å². The molecule has 0 radical (unpaired) electrons. The Hall–Kier alpha value is -3.99. The number of nitro benzene ring substituents is 1. The van der Waals surface area contributed by atoms with Crippen LogP contribution in [0.1, 0.15) is 43.4 Å². The van der Waals surface area contributed by atoms with Crippen molar-refractivity contribution in [2.24, 2.45) is 0 Å². The maximum atomic E-state index is 15.9. The van der Waals surface area contributed by atoms with E-state index in [9.17, 15) is 19.7 Å². The molecule has 0 unspecified atom stereocenters. The summed E-state index contributed by atoms with van der Waals surface area (Å²) in [7, 11) is 0. The lowest BCUT2D eigenvalue weighted by Crippen LogP contribution is -2.46. The van der Waals surface area contributed by atoms with Crippen molar-refractivity contribution < 1.29 is 28.4 Å². The van der Waals surface area contributed by atoms with Gasteiger partial charge in [-0.1, -0.05) is 30.3 Å². The monoisotopic (exact) mass is 568 g/mol. The highest BCUT2D eigenvalue weighted by atomic mass is 19.1. The zero-order valence-corrected chi connectivity index (χ0v) is 24.0. The lowest BCUT2D eigenvalue weighted by Gasteiger charge is -2.38. The normalized spacial score (nSPS) is 15.3. The van der Waals surface area contributed by atoms with Gasteiger partial charge in [0.1, 0.15) is 5.69 Å². The molecule has 1 aliphatic heterocycles. The first kappa shape index (κ1) is 30.0. The first-order valence-corrected chi connectivity index (χ1v) is 14.0. The van der Waals surface area contributed by atoms with Crippen molar-refractivity contribution in [1.29, 1.82) is 0 Å². The molecule has 2 fully saturated rings. The van der Waals surface area contributed by atoms with Gasteiger partial charge >= 0.3 is 11.9 Å². The topological polar surface area (TPSA) is 105 Å². The van der Waals surface area contributed by atoms with E-state index in [1.165, 1.54) is 18.7 Å². The fourth-order valence-electron chi connectivity index (χ4n) is 5.25. The molecule has 1 heterocycles. The van der Waals surface area contributed by atoms with E-state index in [1.807, 2.05) is 23.1 Å². The second-order valence-electron chi connectivity index (χ2n) is 10.2. The van der Waals surface area contributed by atoms with Crippen LogP contribution in [-0.4, -0.2) is 67.2 Å². The molecule has 41 heavy (non-hydrogen) atoms. The highest BCUT2D eigenvalue weighted by molar-refractivity contribution is 6.14. The number of esters is 2. The van der Waals surface area contributed by atoms with E-state index in [0.717, 1.165) is 6.54 Å². The minimum atomic E-state index is -0.884. The molecule has 0 aromatic heterocycles. The average Bonchev–Trinajstić information content (AvgIpc) is 3.79. The Morgan fingerprint density at radius 2 is 1.61 bits per heavy atom. The minimum Gasteiger partial charge on any atom is -0.462 e. The predicted molar refractivity (Wildman–Crippen MR) is 153 cm³/mol. The Morgan fingerprint density at radius 1 is 1.02 bits per heavy atom. The van der Waals surface area contributed by atoms with Gasteiger partial charge in [-0.25, -0.2) is 14.0 Å². The summed E-state index contributed by atoms with van der Waals surface area (Å²) in [6, 6.07) is 9.92. The van der Waals surface area contributed by atoms with E-state index in [-0.39, 0.29) is 41.8 Å². The second kappa shape index (κ2) is 13.1. The highest BCUT2D eigenvalue weighted by Crippen LogP contribution is 2.47. The molecule has 0 bridgehead atoms. The molecule has 0 amide bonds. The fourth-order valence-corrected chi connectivity index (χ4v) is 5.25. The number of ether oxygens (including phenoxy) is 2. The Balaban J connectivity index is 1.75. The summed E-state index contributed by atoms with van der Waals surface area (Å²) in [5, 5.41) is 12.3. The summed E-state index contributed by atoms with van der Waals surface area (Å²) in [6.07, 6.45) is 2.66. The summed E-state index contributed by atoms with van der Waals surface area (Å²) in [5.41, 5.74) is 1.20. The molecule has 0 atom stereocenters. The van der Waals surface area contributed by atoms with Crippen molar-refractivity contribution in [3.05, 3.63) is 74.7 Å². The largest absolute Gasteiger partial charge is 0.462 e. The standard InChI is InChI=1S/C30H37FN4O6/c1-5-40-29(36)24(30(37)41-6-2)19-34(23-12-13-23)27-21(4)26(25(31)20(3)28(27)35(38)39)33-16-14-32(15-17-33)18-22-10-8-7-9-11-22/h7-11,19,23H,5-6,12-18H2,1-4H3. The molecule has 10 nitrogen and oxygen atoms in total. The van der Waals surface area contributed by atoms with Crippen LogP contribution in [0.15, 0.2) is 42.1 Å². The van der Waals surface area contributed by atoms with E-state index in [2.05, 4.69) is 17.0 Å². The molecule has 1 saturated heterocycles. The van der Waals surface area contributed by atoms with Gasteiger partial charge in [0.05, 0.1) is 29.4 Å². The SMILES string of the molecule is CCOC(=O)C(=CN(c1c(C)c(N2CCN(Cc3ccccc3)CC2)c(F)c(C)c1[N+](=O)[O-])C1CC1)C(=O)OCC. The number of nitro groups is 1. The summed E-state index contributed by atoms with van der Waals surface area (Å²) in [6.45, 7) is 9.62. The highest BCUT2D eigenvalue weighted by Gasteiger charge is 2.39. The zero-order valence-electron chi connectivity index (χ0n) is 24.0. The molecular formula is C30H37FN4O6. The van der Waals surface area contributed by atoms with Crippen LogP contribution in [0.25, 0.3) is 0 Å². The lowest BCUT2D eigenvalue weighted by atomic mass is 10.0. The van der Waals surface area contributed by atoms with Gasteiger partial charge in [-0.05, 0) is 46.1 Å². The quantitative estimate of drug-likeness (QED) is 0.0956. The van der Waals surface area contributed by atoms with Crippen LogP contribution in [0, 0.1) is 29.8 Å². The number of anilines is 2. The molecule has 0 spiro atoms. The lowest BCUT2D eigenvalue weighted by molar-refractivity contribution is -0.384. The number of nitrogens with zero attached hydrogens (tertiary/aromatic N) is 4. The zero-order chi connectivity index (χ0) is 29.7. The number of rotatable bonds is 11. The Bertz CT molecular complexity index is 1300. The van der Waals surface area contributed by atoms with Crippen molar-refractivity contribution in [3.8, 4) is 0 Å². The molecule has 11 heteroatoms. The molecule has 4 rings (SSSR count). The summed E-state index contributed by atoms with van der Waals surface area (Å²) in [4.78, 5) is 43.0. The Kier molecular flexibility index (Phi) is 9.59. The van der Waals surface area contributed by atoms with E-state index < -0.39 is 22.7 Å². The molecule has 2 aliphatic rings. The summed E-state index contributed by atoms with van der Waals surface area (Å²) >= 11 is 0. The maximum absolute atomic E-state index is 15.9. The number of carbonyl (C=O) groups excluding carboxylic acids is 2. The van der Waals surface area contributed by atoms with Crippen LogP contribution in [0.4, 0.5) is 21.5 Å². The van der Waals surface area contributed by atoms with E-state index >= 15 is 4.39 Å². The van der Waals surface area contributed by atoms with Gasteiger partial charge < -0.3 is 19.3 Å². The predicted octanol–water partition coefficient (Wildman–Crippen LogP) is 4.65. The third-order valence-electron chi connectivity index (χ3n) is 7.40. The van der Waals surface area contributed by atoms with Crippen molar-refractivity contribution in [1.82, 2.24) is 4.90 Å². The molecule has 2 aromatic rings. The third-order valence-corrected chi connectivity index (χ3v) is 7.40. The van der Waals surface area contributed by atoms with Crippen LogP contribution in [0.2, 0.25) is 0 Å². The van der Waals surface area contributed by atoms with Crippen LogP contribution in [0.5, 0.6) is 0 Å². The Labute approximate surface area is 239 Å². The summed E-state index contributed by atoms with van der Waals surface area (Å²) < 4.78 is 26.1. The smallest absolute Gasteiger partial charge is 0.347 e. The molecule has 1 aliphatic carbocycles. The number of carbonyl (C=O) groups is 2. The summed E-state index contributed by atoms with van der Waals surface area (Å²) in [5.74, 6) is -2.40. The molecule has 2 aromatic carbocycles. The number of hydrogen-bond donors (Lipinski definition) is 0. The van der Waals surface area contributed by atoms with E-state index in [0.29, 0.717) is 50.3 Å². The van der Waals surface area contributed by atoms with Crippen molar-refractivity contribution in [2.75, 3.05) is 49.2 Å². The minimum absolute atomic E-state index is 0.0359. The van der Waals surface area contributed by atoms with Crippen molar-refractivity contribution >= 4 is 29.0 Å². The van der Waals surface area contributed by atoms with Crippen LogP contribution < -0.4 is 9.80 Å². The molecule has 0 N–H and O–H groups in total. The van der Waals surface area contributed by atoms with Gasteiger partial charge in [-0.3, -0.25) is 15.0 Å². The third kappa shape index (κ3) is 6.67.